The van der Waals surface area contributed by atoms with Gasteiger partial charge in [-0.3, -0.25) is 9.59 Å². The van der Waals surface area contributed by atoms with Gasteiger partial charge in [0.25, 0.3) is 0 Å². The van der Waals surface area contributed by atoms with E-state index in [1.54, 1.807) is 0 Å². The molecule has 1 unspecified atom stereocenters. The third-order valence-electron chi connectivity index (χ3n) is 2.64. The van der Waals surface area contributed by atoms with Crippen LogP contribution in [0.2, 0.25) is 0 Å². The molecule has 0 aromatic heterocycles. The van der Waals surface area contributed by atoms with Gasteiger partial charge in [0.1, 0.15) is 9.84 Å². The van der Waals surface area contributed by atoms with Crippen LogP contribution in [0.1, 0.15) is 12.8 Å². The fourth-order valence-electron chi connectivity index (χ4n) is 1.77. The van der Waals surface area contributed by atoms with Gasteiger partial charge < -0.3 is 14.7 Å². The molecule has 7 nitrogen and oxygen atoms in total. The predicted octanol–water partition coefficient (Wildman–Crippen LogP) is -0.877. The summed E-state index contributed by atoms with van der Waals surface area (Å²) in [6.07, 6.45) is 0.758. The highest BCUT2D eigenvalue weighted by Crippen LogP contribution is 2.12. The van der Waals surface area contributed by atoms with Crippen molar-refractivity contribution >= 4 is 21.7 Å². The third kappa shape index (κ3) is 5.01. The van der Waals surface area contributed by atoms with Gasteiger partial charge in [0.05, 0.1) is 31.4 Å². The molecule has 8 heteroatoms. The van der Waals surface area contributed by atoms with Crippen molar-refractivity contribution in [3.05, 3.63) is 0 Å². The number of carbonyl (C=O) groups is 2. The maximum Gasteiger partial charge on any atom is 0.305 e. The Balaban J connectivity index is 2.59. The molecule has 1 saturated heterocycles. The van der Waals surface area contributed by atoms with Gasteiger partial charge in [0.2, 0.25) is 5.91 Å². The molecule has 18 heavy (non-hydrogen) atoms. The number of amides is 1. The van der Waals surface area contributed by atoms with Gasteiger partial charge in [-0.15, -0.1) is 0 Å². The van der Waals surface area contributed by atoms with E-state index in [4.69, 9.17) is 9.84 Å². The van der Waals surface area contributed by atoms with Crippen LogP contribution in [0.25, 0.3) is 0 Å². The number of sulfone groups is 1. The Hall–Kier alpha value is -1.15. The first-order valence-electron chi connectivity index (χ1n) is 5.56. The molecule has 0 aliphatic carbocycles. The number of carboxylic acid groups (broad SMARTS) is 1. The van der Waals surface area contributed by atoms with Crippen molar-refractivity contribution in [1.82, 2.24) is 4.90 Å². The standard InChI is InChI=1S/C10H17NO6S/c1-18(15,16)5-2-9(12)11-3-4-17-7-8(11)6-10(13)14/h8H,2-7H2,1H3,(H,13,14). The quantitative estimate of drug-likeness (QED) is 0.701. The molecule has 104 valence electrons. The van der Waals surface area contributed by atoms with Crippen molar-refractivity contribution in [3.8, 4) is 0 Å². The molecule has 1 rings (SSSR count). The molecule has 0 saturated carbocycles. The lowest BCUT2D eigenvalue weighted by Gasteiger charge is -2.34. The molecule has 1 heterocycles. The zero-order chi connectivity index (χ0) is 13.8. The zero-order valence-electron chi connectivity index (χ0n) is 10.2. The molecule has 0 spiro atoms. The largest absolute Gasteiger partial charge is 0.481 e. The van der Waals surface area contributed by atoms with Gasteiger partial charge in [-0.1, -0.05) is 0 Å². The number of morpholine rings is 1. The van der Waals surface area contributed by atoms with Gasteiger partial charge in [-0.05, 0) is 0 Å². The Kier molecular flexibility index (Phi) is 5.09. The van der Waals surface area contributed by atoms with Crippen molar-refractivity contribution in [2.24, 2.45) is 0 Å². The van der Waals surface area contributed by atoms with E-state index in [2.05, 4.69) is 0 Å². The van der Waals surface area contributed by atoms with Crippen LogP contribution < -0.4 is 0 Å². The van der Waals surface area contributed by atoms with Crippen molar-refractivity contribution < 1.29 is 27.9 Å². The molecule has 1 aliphatic heterocycles. The number of hydrogen-bond acceptors (Lipinski definition) is 5. The van der Waals surface area contributed by atoms with E-state index in [-0.39, 0.29) is 31.1 Å². The molecule has 1 aliphatic rings. The van der Waals surface area contributed by atoms with Gasteiger partial charge >= 0.3 is 5.97 Å². The molecule has 1 N–H and O–H groups in total. The Morgan fingerprint density at radius 3 is 2.67 bits per heavy atom. The second-order valence-electron chi connectivity index (χ2n) is 4.29. The first kappa shape index (κ1) is 14.9. The molecular weight excluding hydrogens is 262 g/mol. The molecule has 0 aromatic carbocycles. The Morgan fingerprint density at radius 2 is 2.11 bits per heavy atom. The van der Waals surface area contributed by atoms with E-state index in [0.717, 1.165) is 6.26 Å². The van der Waals surface area contributed by atoms with E-state index >= 15 is 0 Å². The number of ether oxygens (including phenoxy) is 1. The van der Waals surface area contributed by atoms with Crippen molar-refractivity contribution in [2.75, 3.05) is 31.8 Å². The van der Waals surface area contributed by atoms with Crippen LogP contribution in [0.15, 0.2) is 0 Å². The van der Waals surface area contributed by atoms with Crippen molar-refractivity contribution in [3.63, 3.8) is 0 Å². The van der Waals surface area contributed by atoms with Crippen molar-refractivity contribution in [2.45, 2.75) is 18.9 Å². The Bertz CT molecular complexity index is 418. The number of carbonyl (C=O) groups excluding carboxylic acids is 1. The fraction of sp³-hybridized carbons (Fsp3) is 0.800. The smallest absolute Gasteiger partial charge is 0.305 e. The minimum Gasteiger partial charge on any atom is -0.481 e. The molecule has 1 amide bonds. The zero-order valence-corrected chi connectivity index (χ0v) is 11.0. The maximum atomic E-state index is 11.8. The highest BCUT2D eigenvalue weighted by atomic mass is 32.2. The number of nitrogens with zero attached hydrogens (tertiary/aromatic N) is 1. The van der Waals surface area contributed by atoms with Gasteiger partial charge in [-0.2, -0.15) is 0 Å². The topological polar surface area (TPSA) is 101 Å². The molecule has 1 atom stereocenters. The van der Waals surface area contributed by atoms with Crippen LogP contribution in [0.5, 0.6) is 0 Å². The summed E-state index contributed by atoms with van der Waals surface area (Å²) in [5.74, 6) is -1.57. The van der Waals surface area contributed by atoms with E-state index in [1.165, 1.54) is 4.90 Å². The molecular formula is C10H17NO6S. The van der Waals surface area contributed by atoms with Gasteiger partial charge in [0, 0.05) is 19.2 Å². The summed E-state index contributed by atoms with van der Waals surface area (Å²) in [5.41, 5.74) is 0. The summed E-state index contributed by atoms with van der Waals surface area (Å²) in [6, 6.07) is -0.511. The lowest BCUT2D eigenvalue weighted by molar-refractivity contribution is -0.146. The van der Waals surface area contributed by atoms with Crippen LogP contribution in [0.4, 0.5) is 0 Å². The number of hydrogen-bond donors (Lipinski definition) is 1. The summed E-state index contributed by atoms with van der Waals surface area (Å²) in [6.45, 7) is 0.832. The third-order valence-corrected chi connectivity index (χ3v) is 3.59. The summed E-state index contributed by atoms with van der Waals surface area (Å²) in [7, 11) is -3.19. The average molecular weight is 279 g/mol. The van der Waals surface area contributed by atoms with E-state index in [9.17, 15) is 18.0 Å². The van der Waals surface area contributed by atoms with Crippen LogP contribution in [-0.2, 0) is 24.2 Å². The Morgan fingerprint density at radius 1 is 1.44 bits per heavy atom. The summed E-state index contributed by atoms with van der Waals surface area (Å²) in [5, 5.41) is 8.74. The van der Waals surface area contributed by atoms with Crippen molar-refractivity contribution in [1.29, 1.82) is 0 Å². The maximum absolute atomic E-state index is 11.8. The van der Waals surface area contributed by atoms with Crippen LogP contribution in [-0.4, -0.2) is 68.1 Å². The monoisotopic (exact) mass is 279 g/mol. The summed E-state index contributed by atoms with van der Waals surface area (Å²) >= 11 is 0. The average Bonchev–Trinajstić information content (AvgIpc) is 2.25. The first-order valence-corrected chi connectivity index (χ1v) is 7.62. The van der Waals surface area contributed by atoms with Gasteiger partial charge in [0.15, 0.2) is 0 Å². The highest BCUT2D eigenvalue weighted by Gasteiger charge is 2.29. The molecule has 1 fully saturated rings. The molecule has 0 bridgehead atoms. The number of rotatable bonds is 5. The summed E-state index contributed by atoms with van der Waals surface area (Å²) in [4.78, 5) is 23.9. The highest BCUT2D eigenvalue weighted by molar-refractivity contribution is 7.90. The molecule has 0 aromatic rings. The lowest BCUT2D eigenvalue weighted by atomic mass is 10.1. The predicted molar refractivity (Wildman–Crippen MR) is 62.9 cm³/mol. The molecule has 0 radical (unpaired) electrons. The van der Waals surface area contributed by atoms with Crippen LogP contribution >= 0.6 is 0 Å². The number of carboxylic acids is 1. The lowest BCUT2D eigenvalue weighted by Crippen LogP contribution is -2.49. The van der Waals surface area contributed by atoms with E-state index in [0.29, 0.717) is 13.2 Å². The second-order valence-corrected chi connectivity index (χ2v) is 6.55. The summed E-state index contributed by atoms with van der Waals surface area (Å²) < 4.78 is 27.1. The van der Waals surface area contributed by atoms with E-state index in [1.807, 2.05) is 0 Å². The fourth-order valence-corrected chi connectivity index (χ4v) is 2.32. The Labute approximate surface area is 106 Å². The SMILES string of the molecule is CS(=O)(=O)CCC(=O)N1CCOCC1CC(=O)O. The number of aliphatic carboxylic acids is 1. The minimum absolute atomic E-state index is 0.116. The normalized spacial score (nSPS) is 20.7. The van der Waals surface area contributed by atoms with E-state index < -0.39 is 21.8 Å². The van der Waals surface area contributed by atoms with Gasteiger partial charge in [-0.25, -0.2) is 8.42 Å². The van der Waals surface area contributed by atoms with Crippen LogP contribution in [0, 0.1) is 0 Å². The minimum atomic E-state index is -3.19. The van der Waals surface area contributed by atoms with Crippen LogP contribution in [0.3, 0.4) is 0 Å². The second kappa shape index (κ2) is 6.14. The first-order chi connectivity index (χ1) is 8.29.